The Morgan fingerprint density at radius 3 is 2.21 bits per heavy atom. The number of carboxylic acid groups (broad SMARTS) is 1. The van der Waals surface area contributed by atoms with Gasteiger partial charge in [0.1, 0.15) is 6.10 Å². The molecule has 0 bridgehead atoms. The van der Waals surface area contributed by atoms with E-state index in [9.17, 15) is 30.0 Å². The summed E-state index contributed by atoms with van der Waals surface area (Å²) in [5.74, 6) is -6.80. The molecular weight excluding hydrogens is 789 g/mol. The normalized spacial score (nSPS) is 48.6. The summed E-state index contributed by atoms with van der Waals surface area (Å²) in [5.41, 5.74) is -0.403. The average Bonchev–Trinajstić information content (AvgIpc) is 3.71. The van der Waals surface area contributed by atoms with E-state index in [0.29, 0.717) is 44.1 Å². The Hall–Kier alpha value is -1.56. The number of aliphatic carboxylic acids is 1. The second-order valence-electron chi connectivity index (χ2n) is 20.7. The van der Waals surface area contributed by atoms with Gasteiger partial charge < -0.3 is 58.3 Å². The molecule has 0 aliphatic carbocycles. The number of methoxy groups -OCH3 is 1. The van der Waals surface area contributed by atoms with Crippen LogP contribution in [0, 0.1) is 47.3 Å². The molecule has 6 aliphatic heterocycles. The van der Waals surface area contributed by atoms with Gasteiger partial charge in [0.25, 0.3) is 0 Å². The number of aliphatic hydroxyl groups excluding tert-OH is 2. The van der Waals surface area contributed by atoms with E-state index in [2.05, 4.69) is 20.8 Å². The highest BCUT2D eigenvalue weighted by Gasteiger charge is 2.65. The Bertz CT molecular complexity index is 1570. The van der Waals surface area contributed by atoms with Crippen LogP contribution in [-0.4, -0.2) is 124 Å². The number of ether oxygens (including phenoxy) is 8. The minimum atomic E-state index is -1.65. The van der Waals surface area contributed by atoms with E-state index in [1.54, 1.807) is 27.9 Å². The third-order valence-electron chi connectivity index (χ3n) is 15.7. The lowest BCUT2D eigenvalue weighted by Crippen LogP contribution is -2.64. The molecule has 0 saturated carbocycles. The largest absolute Gasteiger partial charge is 0.481 e. The number of hydrogen-bond acceptors (Lipinski definition) is 13. The molecular formula is C47H78O14. The van der Waals surface area contributed by atoms with Crippen LogP contribution in [0.15, 0.2) is 11.6 Å². The number of Topliss-reactive ketones (excluding diaryl/α,β-unsaturated/α-hetero) is 1. The molecule has 0 unspecified atom stereocenters. The van der Waals surface area contributed by atoms with E-state index in [0.717, 1.165) is 6.42 Å². The first-order valence-electron chi connectivity index (χ1n) is 23.2. The van der Waals surface area contributed by atoms with Crippen LogP contribution in [0.5, 0.6) is 0 Å². The van der Waals surface area contributed by atoms with Crippen molar-refractivity contribution in [1.29, 1.82) is 0 Å². The fourth-order valence-corrected chi connectivity index (χ4v) is 11.9. The molecule has 6 rings (SSSR count). The fourth-order valence-electron chi connectivity index (χ4n) is 11.9. The maximum Gasteiger partial charge on any atom is 0.306 e. The Balaban J connectivity index is 1.25. The molecule has 0 aromatic heterocycles. The van der Waals surface area contributed by atoms with Crippen LogP contribution in [0.3, 0.4) is 0 Å². The molecule has 6 aliphatic rings. The third-order valence-corrected chi connectivity index (χ3v) is 15.7. The van der Waals surface area contributed by atoms with Gasteiger partial charge in [-0.2, -0.15) is 0 Å². The van der Waals surface area contributed by atoms with Gasteiger partial charge in [0, 0.05) is 61.9 Å². The topological polar surface area (TPSA) is 189 Å². The lowest BCUT2D eigenvalue weighted by molar-refractivity contribution is -0.394. The number of carboxylic acids is 1. The number of carbonyl (C=O) groups excluding carboxylic acids is 1. The summed E-state index contributed by atoms with van der Waals surface area (Å²) in [7, 11) is 1.70. The van der Waals surface area contributed by atoms with E-state index in [1.807, 2.05) is 40.7 Å². The molecule has 0 radical (unpaired) electrons. The first kappa shape index (κ1) is 48.9. The van der Waals surface area contributed by atoms with Gasteiger partial charge in [0.2, 0.25) is 0 Å². The molecule has 14 nitrogen and oxygen atoms in total. The minimum Gasteiger partial charge on any atom is -0.481 e. The molecule has 6 saturated heterocycles. The number of aliphatic hydroxyl groups is 3. The molecule has 4 N–H and O–H groups in total. The van der Waals surface area contributed by atoms with Gasteiger partial charge in [-0.1, -0.05) is 61.5 Å². The lowest BCUT2D eigenvalue weighted by atomic mass is 9.77. The summed E-state index contributed by atoms with van der Waals surface area (Å²) < 4.78 is 54.0. The molecule has 6 fully saturated rings. The van der Waals surface area contributed by atoms with Gasteiger partial charge in [-0.3, -0.25) is 9.59 Å². The molecule has 6 heterocycles. The van der Waals surface area contributed by atoms with Crippen molar-refractivity contribution in [2.24, 2.45) is 47.3 Å². The van der Waals surface area contributed by atoms with Crippen molar-refractivity contribution >= 4 is 11.8 Å². The van der Waals surface area contributed by atoms with E-state index in [4.69, 9.17) is 37.9 Å². The maximum atomic E-state index is 13.4. The van der Waals surface area contributed by atoms with Crippen LogP contribution in [-0.2, 0) is 47.5 Å². The fraction of sp³-hybridized carbons (Fsp3) is 0.915. The van der Waals surface area contributed by atoms with Crippen LogP contribution in [0.2, 0.25) is 0 Å². The highest BCUT2D eigenvalue weighted by molar-refractivity contribution is 5.96. The van der Waals surface area contributed by atoms with Gasteiger partial charge in [0.05, 0.1) is 60.9 Å². The van der Waals surface area contributed by atoms with E-state index < -0.39 is 84.2 Å². The van der Waals surface area contributed by atoms with Crippen molar-refractivity contribution in [3.05, 3.63) is 11.6 Å². The highest BCUT2D eigenvalue weighted by atomic mass is 16.8. The second kappa shape index (κ2) is 18.7. The summed E-state index contributed by atoms with van der Waals surface area (Å²) in [4.78, 5) is 24.9. The van der Waals surface area contributed by atoms with Crippen molar-refractivity contribution in [2.45, 2.75) is 212 Å². The van der Waals surface area contributed by atoms with Gasteiger partial charge in [0.15, 0.2) is 29.4 Å². The van der Waals surface area contributed by atoms with Crippen molar-refractivity contribution in [3.63, 3.8) is 0 Å². The quantitative estimate of drug-likeness (QED) is 0.154. The van der Waals surface area contributed by atoms with E-state index in [1.165, 1.54) is 0 Å². The van der Waals surface area contributed by atoms with Gasteiger partial charge in [-0.25, -0.2) is 0 Å². The zero-order valence-electron chi connectivity index (χ0n) is 38.8. The zero-order valence-corrected chi connectivity index (χ0v) is 38.8. The molecule has 0 amide bonds. The Kier molecular flexibility index (Phi) is 15.0. The lowest BCUT2D eigenvalue weighted by Gasteiger charge is -2.54. The Labute approximate surface area is 363 Å². The van der Waals surface area contributed by atoms with Gasteiger partial charge in [-0.15, -0.1) is 0 Å². The number of rotatable bonds is 13. The average molecular weight is 867 g/mol. The number of carbonyl (C=O) groups is 2. The first-order chi connectivity index (χ1) is 28.5. The number of hydrogen-bond donors (Lipinski definition) is 4. The monoisotopic (exact) mass is 867 g/mol. The molecule has 0 aromatic rings. The van der Waals surface area contributed by atoms with Crippen LogP contribution < -0.4 is 0 Å². The second-order valence-corrected chi connectivity index (χ2v) is 20.7. The van der Waals surface area contributed by atoms with E-state index >= 15 is 0 Å². The summed E-state index contributed by atoms with van der Waals surface area (Å²) in [5, 5.41) is 42.5. The summed E-state index contributed by atoms with van der Waals surface area (Å²) in [6.07, 6.45) is 3.01. The van der Waals surface area contributed by atoms with Crippen molar-refractivity contribution in [3.8, 4) is 0 Å². The van der Waals surface area contributed by atoms with Crippen LogP contribution in [0.4, 0.5) is 0 Å². The molecule has 2 spiro atoms. The van der Waals surface area contributed by atoms with Gasteiger partial charge >= 0.3 is 5.97 Å². The summed E-state index contributed by atoms with van der Waals surface area (Å²) in [6, 6.07) is 0. The highest BCUT2D eigenvalue weighted by Crippen LogP contribution is 2.56. The Morgan fingerprint density at radius 2 is 1.57 bits per heavy atom. The maximum absolute atomic E-state index is 13.4. The first-order valence-corrected chi connectivity index (χ1v) is 23.2. The molecule has 61 heavy (non-hydrogen) atoms. The summed E-state index contributed by atoms with van der Waals surface area (Å²) in [6.45, 7) is 20.9. The molecule has 350 valence electrons. The van der Waals surface area contributed by atoms with Crippen LogP contribution in [0.1, 0.15) is 134 Å². The third kappa shape index (κ3) is 9.71. The van der Waals surface area contributed by atoms with Crippen molar-refractivity contribution < 1.29 is 67.9 Å². The molecule has 21 atom stereocenters. The van der Waals surface area contributed by atoms with Crippen molar-refractivity contribution in [2.75, 3.05) is 13.7 Å². The van der Waals surface area contributed by atoms with Crippen molar-refractivity contribution in [1.82, 2.24) is 0 Å². The van der Waals surface area contributed by atoms with Crippen LogP contribution >= 0.6 is 0 Å². The standard InChI is InChI=1S/C47H78O14/c1-24(39(50)25(2)18-28(5)43(51)52)17-26(3)40-32(9)34(49)22-45(58-40)16-15-44(11,61-45)42-37(56-38-14-13-35(54-12)33(10)55-38)21-31(8)47(60-42)30(7)20-36(57-47)41-27(4)19-29(6)46(53,23-48)59-41/h17,25-38,40-42,48-49,53H,13-16,18-23H2,1-12H3,(H,51,52)/b24-17+/t25-,26+,27+,28+,29-,30+,31-,32-,33-,34+,35-,36-,37-,38+,40-,41+,42-,44+,45-,46+,47+/m1/s1. The smallest absolute Gasteiger partial charge is 0.306 e. The van der Waals surface area contributed by atoms with Crippen LogP contribution in [0.25, 0.3) is 0 Å². The predicted molar refractivity (Wildman–Crippen MR) is 224 cm³/mol. The van der Waals surface area contributed by atoms with E-state index in [-0.39, 0.29) is 72.4 Å². The molecule has 14 heteroatoms. The van der Waals surface area contributed by atoms with Gasteiger partial charge in [-0.05, 0) is 70.8 Å². The predicted octanol–water partition coefficient (Wildman–Crippen LogP) is 6.15. The SMILES string of the molecule is CO[C@@H]1CC[C@H](O[C@@H]2C[C@@H](C)[C@]3(O[C@H]2[C@]2(C)CC[C@]4(C[C@H](O)[C@@H](C)[C@@H]([C@@H](C)/C=C(\C)C(=O)[C@H](C)C[C@H](C)C(=O)O)O4)O2)O[C@@H]([C@H]2O[C@@](O)(CO)[C@H](C)C[C@@H]2C)C[C@@H]3C)O[C@@H]1C. The molecule has 0 aromatic carbocycles. The Morgan fingerprint density at radius 1 is 0.885 bits per heavy atom. The summed E-state index contributed by atoms with van der Waals surface area (Å²) >= 11 is 0. The zero-order chi connectivity index (χ0) is 45.0. The number of allylic oxidation sites excluding steroid dienone is 1. The number of ketones is 1. The minimum absolute atomic E-state index is 0.0232.